The highest BCUT2D eigenvalue weighted by Gasteiger charge is 2.36. The molecule has 0 bridgehead atoms. The van der Waals surface area contributed by atoms with Gasteiger partial charge in [-0.3, -0.25) is 8.22 Å². The lowest BCUT2D eigenvalue weighted by Crippen LogP contribution is -2.38. The predicted molar refractivity (Wildman–Crippen MR) is 53.9 cm³/mol. The fraction of sp³-hybridized carbons (Fsp3) is 0.400. The highest BCUT2D eigenvalue weighted by Crippen LogP contribution is 2.15. The molecule has 0 saturated carbocycles. The van der Waals surface area contributed by atoms with Crippen LogP contribution in [0.4, 0.5) is 8.22 Å². The molecular weight excluding hydrogens is 186 g/mol. The molecule has 0 N–H and O–H groups in total. The number of benzene rings is 1. The molecule has 0 nitrogen and oxygen atoms in total. The van der Waals surface area contributed by atoms with Gasteiger partial charge in [0.1, 0.15) is 0 Å². The molecule has 0 spiro atoms. The van der Waals surface area contributed by atoms with Crippen LogP contribution in [0.15, 0.2) is 24.3 Å². The van der Waals surface area contributed by atoms with Gasteiger partial charge in [-0.05, 0) is 6.92 Å². The zero-order valence-corrected chi connectivity index (χ0v) is 8.98. The molecule has 0 amide bonds. The Kier molecular flexibility index (Phi) is 3.20. The van der Waals surface area contributed by atoms with Crippen molar-refractivity contribution in [3.8, 4) is 0 Å². The summed E-state index contributed by atoms with van der Waals surface area (Å²) in [4.78, 5) is 0. The van der Waals surface area contributed by atoms with E-state index in [0.29, 0.717) is 6.42 Å². The van der Waals surface area contributed by atoms with Gasteiger partial charge in [0.15, 0.2) is 0 Å². The highest BCUT2D eigenvalue weighted by atomic mass is 28.4. The van der Waals surface area contributed by atoms with Crippen molar-refractivity contribution >= 4 is 13.9 Å². The quantitative estimate of drug-likeness (QED) is 0.520. The van der Waals surface area contributed by atoms with Crippen LogP contribution < -0.4 is 5.19 Å². The summed E-state index contributed by atoms with van der Waals surface area (Å²) in [6.07, 6.45) is 0.563. The van der Waals surface area contributed by atoms with Crippen LogP contribution in [0.3, 0.4) is 0 Å². The van der Waals surface area contributed by atoms with E-state index in [1.54, 1.807) is 31.2 Å². The van der Waals surface area contributed by atoms with E-state index >= 15 is 0 Å². The van der Waals surface area contributed by atoms with Crippen LogP contribution in [0.2, 0.25) is 6.04 Å². The Balaban J connectivity index is 2.87. The fourth-order valence-corrected chi connectivity index (χ4v) is 2.83. The first kappa shape index (κ1) is 10.4. The van der Waals surface area contributed by atoms with Crippen molar-refractivity contribution < 1.29 is 8.22 Å². The molecule has 72 valence electrons. The van der Waals surface area contributed by atoms with E-state index in [1.807, 2.05) is 6.92 Å². The Bertz CT molecular complexity index is 267. The van der Waals surface area contributed by atoms with Gasteiger partial charge in [-0.1, -0.05) is 43.2 Å². The largest absolute Gasteiger partial charge is 0.455 e. The lowest BCUT2D eigenvalue weighted by atomic mass is 10.2. The number of hydrogen-bond donors (Lipinski definition) is 0. The van der Waals surface area contributed by atoms with Gasteiger partial charge in [-0.2, -0.15) is 0 Å². The van der Waals surface area contributed by atoms with E-state index in [2.05, 4.69) is 0 Å². The van der Waals surface area contributed by atoms with Gasteiger partial charge in [0, 0.05) is 11.2 Å². The molecule has 0 aromatic heterocycles. The van der Waals surface area contributed by atoms with Gasteiger partial charge in [0.25, 0.3) is 0 Å². The minimum Gasteiger partial charge on any atom is -0.265 e. The fourth-order valence-electron chi connectivity index (χ4n) is 1.26. The van der Waals surface area contributed by atoms with Gasteiger partial charge in [-0.25, -0.2) is 0 Å². The molecule has 0 radical (unpaired) electrons. The van der Waals surface area contributed by atoms with Crippen molar-refractivity contribution in [3.05, 3.63) is 29.8 Å². The topological polar surface area (TPSA) is 0 Å². The van der Waals surface area contributed by atoms with Gasteiger partial charge >= 0.3 is 8.74 Å². The van der Waals surface area contributed by atoms with Crippen molar-refractivity contribution in [2.45, 2.75) is 26.3 Å². The van der Waals surface area contributed by atoms with Crippen molar-refractivity contribution in [3.63, 3.8) is 0 Å². The normalized spacial score (nSPS) is 11.7. The zero-order chi connectivity index (χ0) is 9.90. The van der Waals surface area contributed by atoms with E-state index in [-0.39, 0.29) is 11.2 Å². The number of hydrogen-bond acceptors (Lipinski definition) is 0. The third kappa shape index (κ3) is 2.62. The maximum absolute atomic E-state index is 13.4. The second-order valence-electron chi connectivity index (χ2n) is 3.32. The molecule has 1 aromatic carbocycles. The maximum Gasteiger partial charge on any atom is 0.455 e. The Morgan fingerprint density at radius 3 is 2.15 bits per heavy atom. The van der Waals surface area contributed by atoms with Crippen LogP contribution in [0.1, 0.15) is 18.9 Å². The van der Waals surface area contributed by atoms with Crippen LogP contribution in [-0.4, -0.2) is 8.74 Å². The van der Waals surface area contributed by atoms with Crippen molar-refractivity contribution in [1.82, 2.24) is 0 Å². The number of halogens is 2. The minimum atomic E-state index is -4.10. The molecule has 1 aromatic rings. The summed E-state index contributed by atoms with van der Waals surface area (Å²) in [6.45, 7) is 3.71. The van der Waals surface area contributed by atoms with Crippen LogP contribution in [0.25, 0.3) is 0 Å². The van der Waals surface area contributed by atoms with Gasteiger partial charge in [-0.15, -0.1) is 0 Å². The second kappa shape index (κ2) is 4.00. The monoisotopic (exact) mass is 200 g/mol. The molecule has 0 aliphatic carbocycles. The SMILES string of the molecule is CCC[Si](F)(F)c1ccc(C)cc1. The molecule has 0 aliphatic rings. The van der Waals surface area contributed by atoms with Crippen LogP contribution in [-0.2, 0) is 0 Å². The second-order valence-corrected chi connectivity index (χ2v) is 5.81. The summed E-state index contributed by atoms with van der Waals surface area (Å²) < 4.78 is 26.9. The first-order chi connectivity index (χ1) is 6.06. The third-order valence-electron chi connectivity index (χ3n) is 2.04. The molecule has 0 unspecified atom stereocenters. The van der Waals surface area contributed by atoms with E-state index < -0.39 is 8.74 Å². The van der Waals surface area contributed by atoms with E-state index in [4.69, 9.17) is 0 Å². The van der Waals surface area contributed by atoms with Crippen LogP contribution >= 0.6 is 0 Å². The molecule has 0 saturated heterocycles. The Morgan fingerprint density at radius 1 is 1.15 bits per heavy atom. The van der Waals surface area contributed by atoms with E-state index in [0.717, 1.165) is 5.56 Å². The molecule has 0 aliphatic heterocycles. The van der Waals surface area contributed by atoms with Crippen LogP contribution in [0.5, 0.6) is 0 Å². The maximum atomic E-state index is 13.4. The smallest absolute Gasteiger partial charge is 0.265 e. The first-order valence-electron chi connectivity index (χ1n) is 4.51. The number of aryl methyl sites for hydroxylation is 1. The Hall–Kier alpha value is -0.703. The molecule has 13 heavy (non-hydrogen) atoms. The molecule has 3 heteroatoms. The van der Waals surface area contributed by atoms with Gasteiger partial charge in [0.2, 0.25) is 0 Å². The summed E-state index contributed by atoms with van der Waals surface area (Å²) >= 11 is 0. The van der Waals surface area contributed by atoms with E-state index in [9.17, 15) is 8.22 Å². The zero-order valence-electron chi connectivity index (χ0n) is 7.98. The van der Waals surface area contributed by atoms with E-state index in [1.165, 1.54) is 0 Å². The summed E-state index contributed by atoms with van der Waals surface area (Å²) in [7, 11) is -4.10. The van der Waals surface area contributed by atoms with Crippen molar-refractivity contribution in [1.29, 1.82) is 0 Å². The lowest BCUT2D eigenvalue weighted by molar-refractivity contribution is 0.615. The predicted octanol–water partition coefficient (Wildman–Crippen LogP) is 2.99. The molecule has 0 atom stereocenters. The molecular formula is C10H14F2Si. The summed E-state index contributed by atoms with van der Waals surface area (Å²) in [6, 6.07) is 6.71. The standard InChI is InChI=1S/C10H14F2Si/c1-3-8-13(11,12)10-6-4-9(2)5-7-10/h4-7H,3,8H2,1-2H3. The Labute approximate surface area is 79.0 Å². The summed E-state index contributed by atoms with van der Waals surface area (Å²) in [5, 5.41) is 0.264. The van der Waals surface area contributed by atoms with Crippen molar-refractivity contribution in [2.75, 3.05) is 0 Å². The van der Waals surface area contributed by atoms with Crippen LogP contribution in [0, 0.1) is 6.92 Å². The summed E-state index contributed by atoms with van der Waals surface area (Å²) in [5.41, 5.74) is 1.03. The third-order valence-corrected chi connectivity index (χ3v) is 4.34. The average Bonchev–Trinajstić information content (AvgIpc) is 2.05. The minimum absolute atomic E-state index is 0.0655. The van der Waals surface area contributed by atoms with Gasteiger partial charge < -0.3 is 0 Å². The molecule has 0 fully saturated rings. The molecule has 1 rings (SSSR count). The van der Waals surface area contributed by atoms with Gasteiger partial charge in [0.05, 0.1) is 0 Å². The average molecular weight is 200 g/mol. The lowest BCUT2D eigenvalue weighted by Gasteiger charge is -2.11. The highest BCUT2D eigenvalue weighted by molar-refractivity contribution is 6.79. The van der Waals surface area contributed by atoms with Crippen molar-refractivity contribution in [2.24, 2.45) is 0 Å². The number of rotatable bonds is 3. The Morgan fingerprint density at radius 2 is 1.69 bits per heavy atom. The molecule has 0 heterocycles. The first-order valence-corrected chi connectivity index (χ1v) is 6.47. The summed E-state index contributed by atoms with van der Waals surface area (Å²) in [5.74, 6) is 0.